The Morgan fingerprint density at radius 1 is 1.16 bits per heavy atom. The quantitative estimate of drug-likeness (QED) is 0.735. The van der Waals surface area contributed by atoms with Gasteiger partial charge in [-0.2, -0.15) is 5.10 Å². The van der Waals surface area contributed by atoms with Crippen LogP contribution in [0.5, 0.6) is 0 Å². The van der Waals surface area contributed by atoms with Crippen LogP contribution < -0.4 is 5.32 Å². The van der Waals surface area contributed by atoms with E-state index in [-0.39, 0.29) is 5.91 Å². The first kappa shape index (κ1) is 11.5. The Balaban J connectivity index is 2.05. The van der Waals surface area contributed by atoms with E-state index in [1.165, 1.54) is 0 Å². The van der Waals surface area contributed by atoms with E-state index in [9.17, 15) is 4.79 Å². The smallest absolute Gasteiger partial charge is 0.273 e. The number of nitrogens with one attached hydrogen (secondary N) is 2. The van der Waals surface area contributed by atoms with Gasteiger partial charge < -0.3 is 5.32 Å². The molecule has 94 valence electrons. The van der Waals surface area contributed by atoms with Crippen molar-refractivity contribution in [3.63, 3.8) is 0 Å². The van der Waals surface area contributed by atoms with Gasteiger partial charge in [-0.05, 0) is 23.9 Å². The summed E-state index contributed by atoms with van der Waals surface area (Å²) in [6, 6.07) is 13.7. The summed E-state index contributed by atoms with van der Waals surface area (Å²) in [5.41, 5.74) is 2.33. The topological polar surface area (TPSA) is 57.8 Å². The molecule has 0 radical (unpaired) electrons. The van der Waals surface area contributed by atoms with E-state index in [1.54, 1.807) is 12.3 Å². The monoisotopic (exact) mass is 251 g/mol. The van der Waals surface area contributed by atoms with Crippen molar-refractivity contribution in [1.82, 2.24) is 10.2 Å². The van der Waals surface area contributed by atoms with Gasteiger partial charge in [0.2, 0.25) is 0 Å². The lowest BCUT2D eigenvalue weighted by molar-refractivity contribution is 0.102. The zero-order valence-corrected chi connectivity index (χ0v) is 10.5. The second-order valence-corrected chi connectivity index (χ2v) is 4.40. The molecule has 0 saturated heterocycles. The highest BCUT2D eigenvalue weighted by Gasteiger charge is 2.11. The number of hydrogen-bond donors (Lipinski definition) is 2. The fourth-order valence-electron chi connectivity index (χ4n) is 2.11. The summed E-state index contributed by atoms with van der Waals surface area (Å²) in [5, 5.41) is 11.5. The molecule has 4 nitrogen and oxygen atoms in total. The number of benzene rings is 2. The van der Waals surface area contributed by atoms with Crippen LogP contribution in [0.3, 0.4) is 0 Å². The zero-order chi connectivity index (χ0) is 13.2. The molecular weight excluding hydrogens is 238 g/mol. The maximum atomic E-state index is 12.1. The fourth-order valence-corrected chi connectivity index (χ4v) is 2.11. The summed E-state index contributed by atoms with van der Waals surface area (Å²) in [6.45, 7) is 1.98. The third kappa shape index (κ3) is 2.08. The van der Waals surface area contributed by atoms with Crippen LogP contribution in [-0.4, -0.2) is 16.1 Å². The number of fused-ring (bicyclic) bond motifs is 1. The van der Waals surface area contributed by atoms with Crippen LogP contribution in [0.1, 0.15) is 16.1 Å². The average molecular weight is 251 g/mol. The number of rotatable bonds is 2. The average Bonchev–Trinajstić information content (AvgIpc) is 2.96. The molecule has 3 rings (SSSR count). The van der Waals surface area contributed by atoms with E-state index in [0.29, 0.717) is 5.69 Å². The van der Waals surface area contributed by atoms with Crippen LogP contribution in [0.15, 0.2) is 48.7 Å². The Bertz CT molecular complexity index is 732. The molecule has 1 heterocycles. The van der Waals surface area contributed by atoms with Gasteiger partial charge in [0.1, 0.15) is 5.69 Å². The van der Waals surface area contributed by atoms with Crippen molar-refractivity contribution >= 4 is 22.4 Å². The molecule has 4 heteroatoms. The molecule has 3 aromatic rings. The van der Waals surface area contributed by atoms with Crippen LogP contribution in [0.2, 0.25) is 0 Å². The van der Waals surface area contributed by atoms with Gasteiger partial charge in [0.25, 0.3) is 5.91 Å². The van der Waals surface area contributed by atoms with E-state index in [0.717, 1.165) is 22.0 Å². The maximum absolute atomic E-state index is 12.1. The minimum Gasteiger partial charge on any atom is -0.320 e. The van der Waals surface area contributed by atoms with Crippen molar-refractivity contribution in [1.29, 1.82) is 0 Å². The zero-order valence-electron chi connectivity index (χ0n) is 10.5. The van der Waals surface area contributed by atoms with Crippen LogP contribution in [0.25, 0.3) is 10.8 Å². The van der Waals surface area contributed by atoms with Crippen LogP contribution >= 0.6 is 0 Å². The third-order valence-corrected chi connectivity index (χ3v) is 3.12. The summed E-state index contributed by atoms with van der Waals surface area (Å²) in [5.74, 6) is -0.183. The van der Waals surface area contributed by atoms with Crippen molar-refractivity contribution in [2.45, 2.75) is 6.92 Å². The maximum Gasteiger partial charge on any atom is 0.273 e. The Kier molecular flexibility index (Phi) is 2.76. The van der Waals surface area contributed by atoms with Crippen molar-refractivity contribution < 1.29 is 4.79 Å². The second kappa shape index (κ2) is 4.57. The fraction of sp³-hybridized carbons (Fsp3) is 0.0667. The molecule has 1 amide bonds. The molecule has 0 spiro atoms. The number of carbonyl (C=O) groups excluding carboxylic acids is 1. The number of anilines is 1. The molecular formula is C15H13N3O. The Morgan fingerprint density at radius 3 is 2.79 bits per heavy atom. The lowest BCUT2D eigenvalue weighted by atomic mass is 10.0. The molecule has 0 atom stereocenters. The minimum atomic E-state index is -0.183. The molecule has 1 aromatic heterocycles. The first-order valence-electron chi connectivity index (χ1n) is 6.05. The summed E-state index contributed by atoms with van der Waals surface area (Å²) >= 11 is 0. The van der Waals surface area contributed by atoms with Crippen molar-refractivity contribution in [2.75, 3.05) is 5.32 Å². The largest absolute Gasteiger partial charge is 0.320 e. The van der Waals surface area contributed by atoms with E-state index in [4.69, 9.17) is 0 Å². The molecule has 0 saturated carbocycles. The van der Waals surface area contributed by atoms with Gasteiger partial charge in [0, 0.05) is 11.6 Å². The molecule has 19 heavy (non-hydrogen) atoms. The van der Waals surface area contributed by atoms with Crippen LogP contribution in [-0.2, 0) is 0 Å². The number of nitrogens with zero attached hydrogens (tertiary/aromatic N) is 1. The van der Waals surface area contributed by atoms with E-state index in [2.05, 4.69) is 21.6 Å². The third-order valence-electron chi connectivity index (χ3n) is 3.12. The molecule has 0 aliphatic carbocycles. The van der Waals surface area contributed by atoms with Crippen LogP contribution in [0, 0.1) is 6.92 Å². The number of aromatic amines is 1. The van der Waals surface area contributed by atoms with Gasteiger partial charge in [-0.15, -0.1) is 0 Å². The highest BCUT2D eigenvalue weighted by Crippen LogP contribution is 2.27. The number of aryl methyl sites for hydroxylation is 1. The van der Waals surface area contributed by atoms with Gasteiger partial charge >= 0.3 is 0 Å². The first-order chi connectivity index (χ1) is 9.25. The molecule has 2 N–H and O–H groups in total. The van der Waals surface area contributed by atoms with Crippen LogP contribution in [0.4, 0.5) is 5.69 Å². The lowest BCUT2D eigenvalue weighted by Crippen LogP contribution is -2.13. The number of hydrogen-bond acceptors (Lipinski definition) is 2. The van der Waals surface area contributed by atoms with E-state index < -0.39 is 0 Å². The Labute approximate surface area is 110 Å². The summed E-state index contributed by atoms with van der Waals surface area (Å²) in [6.07, 6.45) is 1.56. The molecule has 0 unspecified atom stereocenters. The predicted molar refractivity (Wildman–Crippen MR) is 75.2 cm³/mol. The SMILES string of the molecule is Cc1ccc2ccccc2c1NC(=O)c1ccn[nH]1. The number of carbonyl (C=O) groups is 1. The summed E-state index contributed by atoms with van der Waals surface area (Å²) in [4.78, 5) is 12.1. The van der Waals surface area contributed by atoms with Crippen molar-refractivity contribution in [3.8, 4) is 0 Å². The standard InChI is InChI=1S/C15H13N3O/c1-10-6-7-11-4-2-3-5-12(11)14(10)17-15(19)13-8-9-16-18-13/h2-9H,1H3,(H,16,18)(H,17,19). The molecule has 0 fully saturated rings. The summed E-state index contributed by atoms with van der Waals surface area (Å²) in [7, 11) is 0. The molecule has 0 aliphatic heterocycles. The second-order valence-electron chi connectivity index (χ2n) is 4.40. The van der Waals surface area contributed by atoms with Gasteiger partial charge in [-0.3, -0.25) is 9.89 Å². The van der Waals surface area contributed by atoms with Crippen molar-refractivity contribution in [3.05, 3.63) is 59.9 Å². The molecule has 2 aromatic carbocycles. The van der Waals surface area contributed by atoms with Gasteiger partial charge in [0.05, 0.1) is 5.69 Å². The highest BCUT2D eigenvalue weighted by molar-refractivity contribution is 6.09. The van der Waals surface area contributed by atoms with E-state index >= 15 is 0 Å². The number of amides is 1. The summed E-state index contributed by atoms with van der Waals surface area (Å²) < 4.78 is 0. The number of aromatic nitrogens is 2. The van der Waals surface area contributed by atoms with Crippen molar-refractivity contribution in [2.24, 2.45) is 0 Å². The van der Waals surface area contributed by atoms with Gasteiger partial charge in [0.15, 0.2) is 0 Å². The predicted octanol–water partition coefficient (Wildman–Crippen LogP) is 3.12. The van der Waals surface area contributed by atoms with Gasteiger partial charge in [-0.1, -0.05) is 36.4 Å². The Hall–Kier alpha value is -2.62. The van der Waals surface area contributed by atoms with Gasteiger partial charge in [-0.25, -0.2) is 0 Å². The number of H-pyrrole nitrogens is 1. The lowest BCUT2D eigenvalue weighted by Gasteiger charge is -2.11. The minimum absolute atomic E-state index is 0.183. The Morgan fingerprint density at radius 2 is 2.00 bits per heavy atom. The normalized spacial score (nSPS) is 10.6. The van der Waals surface area contributed by atoms with E-state index in [1.807, 2.05) is 37.3 Å². The first-order valence-corrected chi connectivity index (χ1v) is 6.05. The highest BCUT2D eigenvalue weighted by atomic mass is 16.1. The molecule has 0 bridgehead atoms. The molecule has 0 aliphatic rings.